The van der Waals surface area contributed by atoms with Crippen LogP contribution in [0.1, 0.15) is 28.8 Å². The van der Waals surface area contributed by atoms with Crippen molar-refractivity contribution < 1.29 is 9.72 Å². The number of carbonyl (C=O) groups excluding carboxylic acids is 1. The highest BCUT2D eigenvalue weighted by molar-refractivity contribution is 6.04. The van der Waals surface area contributed by atoms with Crippen LogP contribution in [0.2, 0.25) is 0 Å². The summed E-state index contributed by atoms with van der Waals surface area (Å²) in [5.41, 5.74) is 1.84. The van der Waals surface area contributed by atoms with Gasteiger partial charge in [0, 0.05) is 30.8 Å². The van der Waals surface area contributed by atoms with E-state index in [4.69, 9.17) is 0 Å². The van der Waals surface area contributed by atoms with Crippen molar-refractivity contribution in [2.24, 2.45) is 0 Å². The summed E-state index contributed by atoms with van der Waals surface area (Å²) in [6, 6.07) is 20.6. The molecule has 1 aliphatic heterocycles. The Kier molecular flexibility index (Phi) is 5.48. The van der Waals surface area contributed by atoms with Gasteiger partial charge in [-0.25, -0.2) is 4.68 Å². The first-order valence-electron chi connectivity index (χ1n) is 10.9. The zero-order valence-corrected chi connectivity index (χ0v) is 18.0. The van der Waals surface area contributed by atoms with Crippen LogP contribution in [-0.4, -0.2) is 33.7 Å². The first kappa shape index (κ1) is 20.7. The third-order valence-corrected chi connectivity index (χ3v) is 6.04. The van der Waals surface area contributed by atoms with E-state index in [1.807, 2.05) is 29.2 Å². The van der Waals surface area contributed by atoms with Crippen molar-refractivity contribution in [1.29, 1.82) is 0 Å². The molecule has 1 aliphatic rings. The summed E-state index contributed by atoms with van der Waals surface area (Å²) in [7, 11) is 0. The predicted octanol–water partition coefficient (Wildman–Crippen LogP) is 4.85. The van der Waals surface area contributed by atoms with E-state index >= 15 is 0 Å². The summed E-state index contributed by atoms with van der Waals surface area (Å²) in [5.74, 6) is 0.116. The highest BCUT2D eigenvalue weighted by Crippen LogP contribution is 2.32. The molecule has 166 valence electrons. The van der Waals surface area contributed by atoms with Crippen LogP contribution >= 0.6 is 0 Å². The molecule has 0 atom stereocenters. The molecule has 1 N–H and O–H groups in total. The molecule has 33 heavy (non-hydrogen) atoms. The smallest absolute Gasteiger partial charge is 0.293 e. The van der Waals surface area contributed by atoms with Crippen molar-refractivity contribution >= 4 is 33.9 Å². The maximum absolute atomic E-state index is 12.9. The molecular weight excluding hydrogens is 418 g/mol. The Bertz CT molecular complexity index is 1340. The van der Waals surface area contributed by atoms with Crippen molar-refractivity contribution in [2.75, 3.05) is 23.3 Å². The van der Waals surface area contributed by atoms with Gasteiger partial charge in [0.25, 0.3) is 11.6 Å². The van der Waals surface area contributed by atoms with Gasteiger partial charge in [-0.2, -0.15) is 5.10 Å². The second-order valence-corrected chi connectivity index (χ2v) is 8.12. The zero-order chi connectivity index (χ0) is 22.8. The first-order chi connectivity index (χ1) is 16.1. The number of amides is 1. The monoisotopic (exact) mass is 441 g/mol. The molecule has 0 bridgehead atoms. The molecule has 1 saturated heterocycles. The number of hydrogen-bond donors (Lipinski definition) is 1. The van der Waals surface area contributed by atoms with E-state index in [2.05, 4.69) is 28.6 Å². The summed E-state index contributed by atoms with van der Waals surface area (Å²) in [5, 5.41) is 21.2. The molecule has 0 saturated carbocycles. The maximum atomic E-state index is 12.9. The molecule has 8 nitrogen and oxygen atoms in total. The third-order valence-electron chi connectivity index (χ3n) is 6.04. The molecule has 1 amide bonds. The third kappa shape index (κ3) is 4.15. The van der Waals surface area contributed by atoms with Gasteiger partial charge >= 0.3 is 0 Å². The average Bonchev–Trinajstić information content (AvgIpc) is 3.51. The number of hydrogen-bond acceptors (Lipinski definition) is 5. The van der Waals surface area contributed by atoms with Gasteiger partial charge in [0.2, 0.25) is 0 Å². The van der Waals surface area contributed by atoms with Crippen LogP contribution in [0, 0.1) is 10.1 Å². The number of rotatable bonds is 6. The van der Waals surface area contributed by atoms with Crippen molar-refractivity contribution in [3.8, 4) is 0 Å². The number of nitrogens with one attached hydrogen (secondary N) is 1. The molecule has 0 radical (unpaired) electrons. The van der Waals surface area contributed by atoms with Gasteiger partial charge in [-0.3, -0.25) is 14.9 Å². The van der Waals surface area contributed by atoms with Gasteiger partial charge in [-0.05, 0) is 41.3 Å². The molecule has 5 rings (SSSR count). The molecule has 3 aromatic carbocycles. The Morgan fingerprint density at radius 1 is 1.03 bits per heavy atom. The van der Waals surface area contributed by atoms with E-state index in [1.165, 1.54) is 6.07 Å². The van der Waals surface area contributed by atoms with E-state index in [1.54, 1.807) is 29.1 Å². The number of aromatic nitrogens is 2. The van der Waals surface area contributed by atoms with Crippen molar-refractivity contribution in [3.63, 3.8) is 0 Å². The summed E-state index contributed by atoms with van der Waals surface area (Å²) in [6.07, 6.45) is 3.65. The number of anilines is 2. The molecule has 0 unspecified atom stereocenters. The van der Waals surface area contributed by atoms with Crippen LogP contribution < -0.4 is 10.2 Å². The van der Waals surface area contributed by atoms with Crippen molar-refractivity contribution in [1.82, 2.24) is 9.78 Å². The lowest BCUT2D eigenvalue weighted by Gasteiger charge is -2.18. The highest BCUT2D eigenvalue weighted by Gasteiger charge is 2.24. The molecule has 1 aromatic heterocycles. The number of benzene rings is 3. The number of nitrogens with zero attached hydrogens (tertiary/aromatic N) is 4. The second kappa shape index (κ2) is 8.74. The zero-order valence-electron chi connectivity index (χ0n) is 18.0. The Morgan fingerprint density at radius 2 is 1.82 bits per heavy atom. The topological polar surface area (TPSA) is 93.3 Å². The van der Waals surface area contributed by atoms with Crippen LogP contribution in [0.3, 0.4) is 0 Å². The fourth-order valence-electron chi connectivity index (χ4n) is 4.38. The van der Waals surface area contributed by atoms with Gasteiger partial charge in [-0.15, -0.1) is 0 Å². The molecule has 0 aliphatic carbocycles. The van der Waals surface area contributed by atoms with Gasteiger partial charge in [0.15, 0.2) is 0 Å². The molecule has 0 spiro atoms. The van der Waals surface area contributed by atoms with Crippen LogP contribution in [-0.2, 0) is 6.54 Å². The fraction of sp³-hybridized carbons (Fsp3) is 0.200. The fourth-order valence-corrected chi connectivity index (χ4v) is 4.38. The minimum Gasteiger partial charge on any atom is -0.366 e. The molecule has 4 aromatic rings. The van der Waals surface area contributed by atoms with Crippen LogP contribution in [0.5, 0.6) is 0 Å². The second-order valence-electron chi connectivity index (χ2n) is 8.12. The number of carbonyl (C=O) groups is 1. The van der Waals surface area contributed by atoms with Gasteiger partial charge < -0.3 is 10.2 Å². The Morgan fingerprint density at radius 3 is 2.64 bits per heavy atom. The van der Waals surface area contributed by atoms with E-state index < -0.39 is 10.8 Å². The lowest BCUT2D eigenvalue weighted by Crippen LogP contribution is -2.20. The number of nitro benzene ring substituents is 1. The summed E-state index contributed by atoms with van der Waals surface area (Å²) in [4.78, 5) is 26.2. The molecular formula is C25H23N5O3. The van der Waals surface area contributed by atoms with E-state index in [0.29, 0.717) is 18.1 Å². The van der Waals surface area contributed by atoms with E-state index in [-0.39, 0.29) is 11.3 Å². The molecule has 2 heterocycles. The first-order valence-corrected chi connectivity index (χ1v) is 10.9. The lowest BCUT2D eigenvalue weighted by molar-refractivity contribution is -0.384. The minimum absolute atomic E-state index is 0.0474. The standard InChI is InChI=1S/C25H23N5O3/c31-25(19-10-11-22(23(16-19)30(32)33)28-14-3-4-15-28)27-24-12-13-26-29(24)17-20-8-5-7-18-6-1-2-9-21(18)20/h1-2,5-13,16H,3-4,14-15,17H2,(H,27,31). The average molecular weight is 441 g/mol. The Hall–Kier alpha value is -4.20. The van der Waals surface area contributed by atoms with Crippen LogP contribution in [0.4, 0.5) is 17.2 Å². The van der Waals surface area contributed by atoms with Gasteiger partial charge in [0.1, 0.15) is 11.5 Å². The normalized spacial score (nSPS) is 13.4. The maximum Gasteiger partial charge on any atom is 0.293 e. The minimum atomic E-state index is -0.421. The number of fused-ring (bicyclic) bond motifs is 1. The summed E-state index contributed by atoms with van der Waals surface area (Å²) >= 11 is 0. The highest BCUT2D eigenvalue weighted by atomic mass is 16.6. The van der Waals surface area contributed by atoms with Crippen LogP contribution in [0.25, 0.3) is 10.8 Å². The van der Waals surface area contributed by atoms with Crippen LogP contribution in [0.15, 0.2) is 72.9 Å². The summed E-state index contributed by atoms with van der Waals surface area (Å²) < 4.78 is 1.71. The largest absolute Gasteiger partial charge is 0.366 e. The predicted molar refractivity (Wildman–Crippen MR) is 128 cm³/mol. The summed E-state index contributed by atoms with van der Waals surface area (Å²) in [6.45, 7) is 2.07. The quantitative estimate of drug-likeness (QED) is 0.341. The lowest BCUT2D eigenvalue weighted by atomic mass is 10.0. The Labute approximate surface area is 190 Å². The van der Waals surface area contributed by atoms with Gasteiger partial charge in [-0.1, -0.05) is 42.5 Å². The van der Waals surface area contributed by atoms with Gasteiger partial charge in [0.05, 0.1) is 17.7 Å². The van der Waals surface area contributed by atoms with E-state index in [0.717, 1.165) is 42.3 Å². The van der Waals surface area contributed by atoms with Crippen molar-refractivity contribution in [2.45, 2.75) is 19.4 Å². The van der Waals surface area contributed by atoms with E-state index in [9.17, 15) is 14.9 Å². The molecule has 1 fully saturated rings. The number of nitro groups is 1. The van der Waals surface area contributed by atoms with Crippen molar-refractivity contribution in [3.05, 3.63) is 94.2 Å². The Balaban J connectivity index is 1.38. The SMILES string of the molecule is O=C(Nc1ccnn1Cc1cccc2ccccc12)c1ccc(N2CCCC2)c([N+](=O)[O-])c1. The molecule has 8 heteroatoms.